The van der Waals surface area contributed by atoms with Crippen LogP contribution >= 0.6 is 11.3 Å². The molecule has 0 aliphatic rings. The number of aromatic nitrogens is 1. The number of nitrogens with one attached hydrogen (secondary N) is 1. The minimum atomic E-state index is -0.122. The van der Waals surface area contributed by atoms with E-state index >= 15 is 0 Å². The maximum Gasteiger partial charge on any atom is 0.253 e. The Kier molecular flexibility index (Phi) is 4.19. The lowest BCUT2D eigenvalue weighted by Crippen LogP contribution is -2.31. The Morgan fingerprint density at radius 2 is 2.20 bits per heavy atom. The molecule has 0 fully saturated rings. The molecule has 0 radical (unpaired) electrons. The zero-order valence-corrected chi connectivity index (χ0v) is 12.2. The van der Waals surface area contributed by atoms with Crippen LogP contribution < -0.4 is 11.1 Å². The first-order chi connectivity index (χ1) is 9.51. The van der Waals surface area contributed by atoms with Gasteiger partial charge in [-0.25, -0.2) is 4.98 Å². The van der Waals surface area contributed by atoms with Gasteiger partial charge in [0.25, 0.3) is 5.91 Å². The molecule has 2 amide bonds. The molecule has 7 heteroatoms. The van der Waals surface area contributed by atoms with Crippen LogP contribution in [-0.2, 0) is 4.79 Å². The van der Waals surface area contributed by atoms with Gasteiger partial charge in [0, 0.05) is 32.6 Å². The molecule has 0 bridgehead atoms. The molecule has 3 N–H and O–H groups in total. The zero-order chi connectivity index (χ0) is 14.7. The van der Waals surface area contributed by atoms with Crippen molar-refractivity contribution in [3.8, 4) is 0 Å². The van der Waals surface area contributed by atoms with Crippen molar-refractivity contribution in [3.05, 3.63) is 23.8 Å². The fourth-order valence-electron chi connectivity index (χ4n) is 1.79. The number of rotatable bonds is 4. The summed E-state index contributed by atoms with van der Waals surface area (Å²) >= 11 is 1.35. The van der Waals surface area contributed by atoms with Crippen molar-refractivity contribution < 1.29 is 9.59 Å². The molecule has 0 saturated carbocycles. The van der Waals surface area contributed by atoms with Crippen LogP contribution in [-0.4, -0.2) is 42.3 Å². The summed E-state index contributed by atoms with van der Waals surface area (Å²) in [6.07, 6.45) is 0.286. The van der Waals surface area contributed by atoms with E-state index in [1.165, 1.54) is 16.2 Å². The molecule has 6 nitrogen and oxygen atoms in total. The van der Waals surface area contributed by atoms with Crippen molar-refractivity contribution in [1.82, 2.24) is 15.2 Å². The Morgan fingerprint density at radius 1 is 1.45 bits per heavy atom. The predicted molar refractivity (Wildman–Crippen MR) is 79.7 cm³/mol. The molecule has 2 aromatic rings. The van der Waals surface area contributed by atoms with Gasteiger partial charge in [-0.2, -0.15) is 0 Å². The fraction of sp³-hybridized carbons (Fsp3) is 0.308. The summed E-state index contributed by atoms with van der Waals surface area (Å²) in [5, 5.41) is 3.01. The Hall–Kier alpha value is -2.15. The first-order valence-electron chi connectivity index (χ1n) is 6.13. The SMILES string of the molecule is CNC(=O)CCN(C)C(=O)c1ccc2nc(N)sc2c1. The van der Waals surface area contributed by atoms with Crippen LogP contribution in [0, 0.1) is 0 Å². The van der Waals surface area contributed by atoms with Crippen LogP contribution in [0.5, 0.6) is 0 Å². The number of nitrogens with two attached hydrogens (primary N) is 1. The maximum absolute atomic E-state index is 12.2. The van der Waals surface area contributed by atoms with Crippen molar-refractivity contribution in [1.29, 1.82) is 0 Å². The Labute approximate surface area is 120 Å². The third-order valence-corrected chi connectivity index (χ3v) is 3.80. The molecule has 2 rings (SSSR count). The third kappa shape index (κ3) is 3.05. The molecule has 106 valence electrons. The fourth-order valence-corrected chi connectivity index (χ4v) is 2.57. The van der Waals surface area contributed by atoms with E-state index in [2.05, 4.69) is 10.3 Å². The van der Waals surface area contributed by atoms with Crippen LogP contribution in [0.15, 0.2) is 18.2 Å². The molecular weight excluding hydrogens is 276 g/mol. The van der Waals surface area contributed by atoms with Gasteiger partial charge in [-0.3, -0.25) is 9.59 Å². The zero-order valence-electron chi connectivity index (χ0n) is 11.3. The van der Waals surface area contributed by atoms with E-state index in [1.54, 1.807) is 32.3 Å². The maximum atomic E-state index is 12.2. The molecule has 0 aliphatic heterocycles. The molecular formula is C13H16N4O2S. The lowest BCUT2D eigenvalue weighted by Gasteiger charge is -2.16. The monoisotopic (exact) mass is 292 g/mol. The Balaban J connectivity index is 2.11. The van der Waals surface area contributed by atoms with Crippen molar-refractivity contribution in [2.24, 2.45) is 0 Å². The van der Waals surface area contributed by atoms with Gasteiger partial charge in [0.15, 0.2) is 5.13 Å². The van der Waals surface area contributed by atoms with Crippen LogP contribution in [0.25, 0.3) is 10.2 Å². The predicted octanol–water partition coefficient (Wildman–Crippen LogP) is 1.09. The van der Waals surface area contributed by atoms with E-state index in [0.717, 1.165) is 10.2 Å². The smallest absolute Gasteiger partial charge is 0.253 e. The quantitative estimate of drug-likeness (QED) is 0.883. The number of fused-ring (bicyclic) bond motifs is 1. The molecule has 20 heavy (non-hydrogen) atoms. The van der Waals surface area contributed by atoms with Gasteiger partial charge < -0.3 is 16.0 Å². The van der Waals surface area contributed by atoms with E-state index in [1.807, 2.05) is 0 Å². The van der Waals surface area contributed by atoms with E-state index in [-0.39, 0.29) is 18.2 Å². The number of nitrogen functional groups attached to an aromatic ring is 1. The number of hydrogen-bond acceptors (Lipinski definition) is 5. The van der Waals surface area contributed by atoms with E-state index in [0.29, 0.717) is 17.2 Å². The number of carbonyl (C=O) groups excluding carboxylic acids is 2. The second-order valence-electron chi connectivity index (χ2n) is 4.38. The summed E-state index contributed by atoms with van der Waals surface area (Å²) in [4.78, 5) is 29.1. The highest BCUT2D eigenvalue weighted by atomic mass is 32.1. The number of amides is 2. The van der Waals surface area contributed by atoms with Gasteiger partial charge in [0.2, 0.25) is 5.91 Å². The molecule has 1 aromatic heterocycles. The van der Waals surface area contributed by atoms with Crippen molar-refractivity contribution in [3.63, 3.8) is 0 Å². The molecule has 1 heterocycles. The second kappa shape index (κ2) is 5.87. The highest BCUT2D eigenvalue weighted by Gasteiger charge is 2.14. The molecule has 0 spiro atoms. The van der Waals surface area contributed by atoms with Crippen LogP contribution in [0.2, 0.25) is 0 Å². The normalized spacial score (nSPS) is 10.5. The molecule has 1 aromatic carbocycles. The molecule has 0 atom stereocenters. The summed E-state index contributed by atoms with van der Waals surface area (Å²) in [7, 11) is 3.25. The number of thiazole rings is 1. The van der Waals surface area contributed by atoms with Crippen molar-refractivity contribution in [2.75, 3.05) is 26.4 Å². The number of benzene rings is 1. The van der Waals surface area contributed by atoms with Gasteiger partial charge in [-0.05, 0) is 18.2 Å². The summed E-state index contributed by atoms with van der Waals surface area (Å²) < 4.78 is 0.882. The molecule has 0 saturated heterocycles. The standard InChI is InChI=1S/C13H16N4O2S/c1-15-11(18)5-6-17(2)12(19)8-3-4-9-10(7-8)20-13(14)16-9/h3-4,7H,5-6H2,1-2H3,(H2,14,16)(H,15,18). The average Bonchev–Trinajstić information content (AvgIpc) is 2.82. The largest absolute Gasteiger partial charge is 0.375 e. The van der Waals surface area contributed by atoms with Crippen LogP contribution in [0.4, 0.5) is 5.13 Å². The second-order valence-corrected chi connectivity index (χ2v) is 5.45. The van der Waals surface area contributed by atoms with E-state index < -0.39 is 0 Å². The summed E-state index contributed by atoms with van der Waals surface area (Å²) in [6.45, 7) is 0.376. The average molecular weight is 292 g/mol. The number of carbonyl (C=O) groups is 2. The van der Waals surface area contributed by atoms with Gasteiger partial charge in [-0.1, -0.05) is 11.3 Å². The lowest BCUT2D eigenvalue weighted by molar-refractivity contribution is -0.120. The van der Waals surface area contributed by atoms with Crippen molar-refractivity contribution >= 4 is 38.5 Å². The highest BCUT2D eigenvalue weighted by Crippen LogP contribution is 2.24. The minimum Gasteiger partial charge on any atom is -0.375 e. The summed E-state index contributed by atoms with van der Waals surface area (Å²) in [5.41, 5.74) is 7.00. The molecule has 0 unspecified atom stereocenters. The lowest BCUT2D eigenvalue weighted by atomic mass is 10.2. The number of hydrogen-bond donors (Lipinski definition) is 2. The Morgan fingerprint density at radius 3 is 2.90 bits per heavy atom. The number of anilines is 1. The summed E-state index contributed by atoms with van der Waals surface area (Å²) in [5.74, 6) is -0.210. The van der Waals surface area contributed by atoms with Crippen LogP contribution in [0.1, 0.15) is 16.8 Å². The first kappa shape index (κ1) is 14.3. The molecule has 0 aliphatic carbocycles. The van der Waals surface area contributed by atoms with Gasteiger partial charge in [0.05, 0.1) is 10.2 Å². The summed E-state index contributed by atoms with van der Waals surface area (Å²) in [6, 6.07) is 5.28. The highest BCUT2D eigenvalue weighted by molar-refractivity contribution is 7.22. The number of nitrogens with zero attached hydrogens (tertiary/aromatic N) is 2. The van der Waals surface area contributed by atoms with Gasteiger partial charge >= 0.3 is 0 Å². The Bertz CT molecular complexity index is 653. The van der Waals surface area contributed by atoms with E-state index in [4.69, 9.17) is 5.73 Å². The topological polar surface area (TPSA) is 88.3 Å². The van der Waals surface area contributed by atoms with E-state index in [9.17, 15) is 9.59 Å². The van der Waals surface area contributed by atoms with Gasteiger partial charge in [-0.15, -0.1) is 0 Å². The van der Waals surface area contributed by atoms with Gasteiger partial charge in [0.1, 0.15) is 0 Å². The van der Waals surface area contributed by atoms with Crippen molar-refractivity contribution in [2.45, 2.75) is 6.42 Å². The third-order valence-electron chi connectivity index (χ3n) is 2.95. The minimum absolute atomic E-state index is 0.0877. The van der Waals surface area contributed by atoms with Crippen LogP contribution in [0.3, 0.4) is 0 Å². The first-order valence-corrected chi connectivity index (χ1v) is 6.95.